The molecule has 0 radical (unpaired) electrons. The van der Waals surface area contributed by atoms with Crippen molar-refractivity contribution < 1.29 is 19.4 Å². The molecule has 0 bridgehead atoms. The number of hydrogen-bond acceptors (Lipinski definition) is 5. The first kappa shape index (κ1) is 18.3. The minimum absolute atomic E-state index is 0.243. The Morgan fingerprint density at radius 3 is 2.68 bits per heavy atom. The molecule has 1 unspecified atom stereocenters. The lowest BCUT2D eigenvalue weighted by Crippen LogP contribution is -2.43. The van der Waals surface area contributed by atoms with Crippen molar-refractivity contribution in [3.63, 3.8) is 0 Å². The second kappa shape index (κ2) is 7.00. The van der Waals surface area contributed by atoms with Gasteiger partial charge in [-0.3, -0.25) is 14.6 Å². The van der Waals surface area contributed by atoms with Crippen molar-refractivity contribution in [2.45, 2.75) is 26.2 Å². The highest BCUT2D eigenvalue weighted by molar-refractivity contribution is 7.99. The summed E-state index contributed by atoms with van der Waals surface area (Å²) in [5.74, 6) is 0.586. The SMILES string of the molecule is COC1=CCC2=NC=C(C(C)(C(=O)O)C(=O)C3CCSCC3)C2=C1Cl. The number of Topliss-reactive ketones (excluding diaryl/α,β-unsaturated/α-hetero) is 1. The monoisotopic (exact) mass is 381 g/mol. The quantitative estimate of drug-likeness (QED) is 0.737. The standard InChI is InChI=1S/C18H20ClNO4S/c1-18(17(22)23,16(21)10-5-7-25-8-6-10)11-9-20-12-3-4-13(24-2)15(19)14(11)12/h4,9-10H,3,5-8H2,1-2H3,(H,22,23). The molecule has 0 aromatic carbocycles. The van der Waals surface area contributed by atoms with E-state index in [2.05, 4.69) is 4.99 Å². The van der Waals surface area contributed by atoms with Crippen LogP contribution in [-0.4, -0.2) is 41.2 Å². The van der Waals surface area contributed by atoms with Crippen molar-refractivity contribution in [2.75, 3.05) is 18.6 Å². The number of rotatable bonds is 5. The third kappa shape index (κ3) is 2.95. The summed E-state index contributed by atoms with van der Waals surface area (Å²) in [4.78, 5) is 29.7. The maximum atomic E-state index is 13.2. The summed E-state index contributed by atoms with van der Waals surface area (Å²) in [5.41, 5.74) is -0.0838. The molecule has 0 saturated carbocycles. The van der Waals surface area contributed by atoms with Crippen molar-refractivity contribution in [3.8, 4) is 0 Å². The highest BCUT2D eigenvalue weighted by Gasteiger charge is 2.51. The van der Waals surface area contributed by atoms with Crippen LogP contribution in [0, 0.1) is 11.3 Å². The second-order valence-corrected chi connectivity index (χ2v) is 8.07. The molecule has 1 aliphatic carbocycles. The molecule has 0 amide bonds. The van der Waals surface area contributed by atoms with Crippen LogP contribution in [0.2, 0.25) is 0 Å². The summed E-state index contributed by atoms with van der Waals surface area (Å²) in [6.45, 7) is 1.48. The topological polar surface area (TPSA) is 76.0 Å². The summed E-state index contributed by atoms with van der Waals surface area (Å²) < 4.78 is 5.26. The van der Waals surface area contributed by atoms with E-state index in [0.717, 1.165) is 11.5 Å². The van der Waals surface area contributed by atoms with E-state index in [1.54, 1.807) is 17.8 Å². The maximum Gasteiger partial charge on any atom is 0.321 e. The van der Waals surface area contributed by atoms with Crippen LogP contribution in [0.15, 0.2) is 39.2 Å². The minimum Gasteiger partial charge on any atom is -0.495 e. The van der Waals surface area contributed by atoms with Crippen LogP contribution in [0.4, 0.5) is 0 Å². The van der Waals surface area contributed by atoms with Crippen LogP contribution in [0.25, 0.3) is 0 Å². The van der Waals surface area contributed by atoms with Gasteiger partial charge in [0, 0.05) is 29.7 Å². The van der Waals surface area contributed by atoms with E-state index >= 15 is 0 Å². The van der Waals surface area contributed by atoms with Crippen molar-refractivity contribution >= 4 is 40.8 Å². The first-order chi connectivity index (χ1) is 11.9. The molecule has 2 heterocycles. The number of carbonyl (C=O) groups is 2. The number of carboxylic acid groups (broad SMARTS) is 1. The number of halogens is 1. The number of methoxy groups -OCH3 is 1. The fraction of sp³-hybridized carbons (Fsp3) is 0.500. The van der Waals surface area contributed by atoms with E-state index in [-0.39, 0.29) is 11.7 Å². The van der Waals surface area contributed by atoms with E-state index in [1.807, 2.05) is 0 Å². The summed E-state index contributed by atoms with van der Waals surface area (Å²) in [6.07, 6.45) is 5.22. The Morgan fingerprint density at radius 1 is 1.40 bits per heavy atom. The van der Waals surface area contributed by atoms with Gasteiger partial charge in [-0.25, -0.2) is 0 Å². The number of nitrogens with zero attached hydrogens (tertiary/aromatic N) is 1. The zero-order chi connectivity index (χ0) is 18.2. The highest BCUT2D eigenvalue weighted by atomic mass is 35.5. The summed E-state index contributed by atoms with van der Waals surface area (Å²) in [5, 5.41) is 10.3. The largest absolute Gasteiger partial charge is 0.495 e. The van der Waals surface area contributed by atoms with Crippen LogP contribution in [-0.2, 0) is 14.3 Å². The van der Waals surface area contributed by atoms with E-state index in [9.17, 15) is 14.7 Å². The summed E-state index contributed by atoms with van der Waals surface area (Å²) in [7, 11) is 1.51. The van der Waals surface area contributed by atoms with Crippen molar-refractivity contribution in [1.82, 2.24) is 0 Å². The average molecular weight is 382 g/mol. The predicted octanol–water partition coefficient (Wildman–Crippen LogP) is 3.56. The lowest BCUT2D eigenvalue weighted by molar-refractivity contribution is -0.152. The van der Waals surface area contributed by atoms with Crippen LogP contribution >= 0.6 is 23.4 Å². The molecule has 0 aromatic heterocycles. The van der Waals surface area contributed by atoms with Gasteiger partial charge in [0.05, 0.1) is 17.9 Å². The number of allylic oxidation sites excluding steroid dienone is 3. The second-order valence-electron chi connectivity index (χ2n) is 6.47. The third-order valence-electron chi connectivity index (χ3n) is 5.10. The Morgan fingerprint density at radius 2 is 2.08 bits per heavy atom. The van der Waals surface area contributed by atoms with Gasteiger partial charge in [0.2, 0.25) is 0 Å². The molecule has 3 rings (SSSR count). The maximum absolute atomic E-state index is 13.2. The molecule has 7 heteroatoms. The fourth-order valence-electron chi connectivity index (χ4n) is 3.50. The zero-order valence-corrected chi connectivity index (χ0v) is 15.7. The van der Waals surface area contributed by atoms with Gasteiger partial charge >= 0.3 is 5.97 Å². The Kier molecular flexibility index (Phi) is 5.11. The van der Waals surface area contributed by atoms with Crippen molar-refractivity contribution in [3.05, 3.63) is 34.2 Å². The first-order valence-electron chi connectivity index (χ1n) is 8.19. The Bertz CT molecular complexity index is 746. The van der Waals surface area contributed by atoms with Crippen molar-refractivity contribution in [1.29, 1.82) is 0 Å². The number of carboxylic acids is 1. The molecule has 1 saturated heterocycles. The first-order valence-corrected chi connectivity index (χ1v) is 9.72. The minimum atomic E-state index is -1.66. The zero-order valence-electron chi connectivity index (χ0n) is 14.2. The molecular formula is C18H20ClNO4S. The van der Waals surface area contributed by atoms with Crippen LogP contribution in [0.3, 0.4) is 0 Å². The van der Waals surface area contributed by atoms with E-state index in [0.29, 0.717) is 46.9 Å². The van der Waals surface area contributed by atoms with E-state index in [4.69, 9.17) is 16.3 Å². The van der Waals surface area contributed by atoms with E-state index in [1.165, 1.54) is 20.2 Å². The van der Waals surface area contributed by atoms with Crippen LogP contribution in [0.5, 0.6) is 0 Å². The van der Waals surface area contributed by atoms with Gasteiger partial charge in [-0.05, 0) is 37.3 Å². The van der Waals surface area contributed by atoms with Crippen LogP contribution in [0.1, 0.15) is 26.2 Å². The van der Waals surface area contributed by atoms with Gasteiger partial charge in [-0.1, -0.05) is 11.6 Å². The number of thioether (sulfide) groups is 1. The van der Waals surface area contributed by atoms with Gasteiger partial charge in [-0.2, -0.15) is 11.8 Å². The number of hydrogen-bond donors (Lipinski definition) is 1. The molecular weight excluding hydrogens is 362 g/mol. The summed E-state index contributed by atoms with van der Waals surface area (Å²) in [6, 6.07) is 0. The van der Waals surface area contributed by atoms with Crippen molar-refractivity contribution in [2.24, 2.45) is 16.3 Å². The van der Waals surface area contributed by atoms with Crippen LogP contribution < -0.4 is 0 Å². The molecule has 1 atom stereocenters. The Balaban J connectivity index is 2.03. The Labute approximate surface area is 155 Å². The number of carbonyl (C=O) groups excluding carboxylic acids is 1. The number of aliphatic imine (C=N–C) groups is 1. The predicted molar refractivity (Wildman–Crippen MR) is 98.9 cm³/mol. The molecule has 1 N–H and O–H groups in total. The van der Waals surface area contributed by atoms with Gasteiger partial charge in [0.15, 0.2) is 11.2 Å². The Hall–Kier alpha value is -1.53. The molecule has 0 aromatic rings. The number of ether oxygens (including phenoxy) is 1. The molecule has 0 spiro atoms. The molecule has 134 valence electrons. The molecule has 2 aliphatic heterocycles. The number of aliphatic carboxylic acids is 1. The van der Waals surface area contributed by atoms with E-state index < -0.39 is 11.4 Å². The normalized spacial score (nSPS) is 23.2. The molecule has 5 nitrogen and oxygen atoms in total. The highest BCUT2D eigenvalue weighted by Crippen LogP contribution is 2.45. The molecule has 1 fully saturated rings. The number of ketones is 1. The number of fused-ring (bicyclic) bond motifs is 1. The van der Waals surface area contributed by atoms with Gasteiger partial charge in [-0.15, -0.1) is 0 Å². The lowest BCUT2D eigenvalue weighted by Gasteiger charge is -2.32. The average Bonchev–Trinajstić information content (AvgIpc) is 3.06. The summed E-state index contributed by atoms with van der Waals surface area (Å²) >= 11 is 8.23. The smallest absolute Gasteiger partial charge is 0.321 e. The van der Waals surface area contributed by atoms with Gasteiger partial charge in [0.1, 0.15) is 5.76 Å². The van der Waals surface area contributed by atoms with Gasteiger partial charge < -0.3 is 9.84 Å². The molecule has 3 aliphatic rings. The van der Waals surface area contributed by atoms with Gasteiger partial charge in [0.25, 0.3) is 0 Å². The fourth-order valence-corrected chi connectivity index (χ4v) is 4.97. The third-order valence-corrected chi connectivity index (χ3v) is 6.52. The lowest BCUT2D eigenvalue weighted by atomic mass is 9.69. The molecule has 25 heavy (non-hydrogen) atoms.